The Balaban J connectivity index is 1.20. The van der Waals surface area contributed by atoms with Crippen LogP contribution in [0.15, 0.2) is 48.0 Å². The van der Waals surface area contributed by atoms with Crippen molar-refractivity contribution < 1.29 is 14.4 Å². The van der Waals surface area contributed by atoms with Crippen molar-refractivity contribution in [2.45, 2.75) is 70.3 Å². The summed E-state index contributed by atoms with van der Waals surface area (Å²) in [6.45, 7) is 6.31. The van der Waals surface area contributed by atoms with Crippen molar-refractivity contribution in [3.8, 4) is 0 Å². The fourth-order valence-corrected chi connectivity index (χ4v) is 8.99. The summed E-state index contributed by atoms with van der Waals surface area (Å²) in [5.74, 6) is 1.11. The summed E-state index contributed by atoms with van der Waals surface area (Å²) < 4.78 is 0. The van der Waals surface area contributed by atoms with Gasteiger partial charge in [-0.05, 0) is 130 Å². The topological polar surface area (TPSA) is 69.7 Å². The van der Waals surface area contributed by atoms with Crippen molar-refractivity contribution in [1.82, 2.24) is 5.32 Å². The highest BCUT2D eigenvalue weighted by atomic mass is 35.5. The van der Waals surface area contributed by atoms with Gasteiger partial charge in [-0.3, -0.25) is 14.9 Å². The molecule has 41 heavy (non-hydrogen) atoms. The first kappa shape index (κ1) is 26.5. The summed E-state index contributed by atoms with van der Waals surface area (Å²) in [5.41, 5.74) is 5.31. The monoisotopic (exact) mass is 569 g/mol. The van der Waals surface area contributed by atoms with Crippen LogP contribution < -0.4 is 15.1 Å². The van der Waals surface area contributed by atoms with Crippen molar-refractivity contribution in [3.63, 3.8) is 0 Å². The SMILES string of the molecule is CC1=CC(C)(C)N(C)c2cc(Cl)c(/C=C3/C(=O)NC(=O)N(c4ccc(C56CC7CC(CC(C7)C5)C6)cc4)C3=O)cc21. The zero-order valence-corrected chi connectivity index (χ0v) is 24.8. The van der Waals surface area contributed by atoms with Gasteiger partial charge in [0.15, 0.2) is 0 Å². The quantitative estimate of drug-likeness (QED) is 0.316. The molecule has 4 saturated carbocycles. The van der Waals surface area contributed by atoms with Crippen LogP contribution in [0.1, 0.15) is 76.0 Å². The molecule has 0 radical (unpaired) electrons. The number of carbonyl (C=O) groups is 3. The van der Waals surface area contributed by atoms with E-state index in [1.165, 1.54) is 50.2 Å². The number of nitrogens with zero attached hydrogens (tertiary/aromatic N) is 2. The lowest BCUT2D eigenvalue weighted by Gasteiger charge is -2.57. The summed E-state index contributed by atoms with van der Waals surface area (Å²) in [5, 5.41) is 2.78. The van der Waals surface area contributed by atoms with Crippen LogP contribution in [-0.2, 0) is 15.0 Å². The summed E-state index contributed by atoms with van der Waals surface area (Å²) in [4.78, 5) is 42.7. The van der Waals surface area contributed by atoms with E-state index in [2.05, 4.69) is 42.3 Å². The van der Waals surface area contributed by atoms with E-state index in [4.69, 9.17) is 11.6 Å². The number of imide groups is 2. The van der Waals surface area contributed by atoms with Crippen LogP contribution in [0.5, 0.6) is 0 Å². The normalized spacial score (nSPS) is 31.0. The first-order chi connectivity index (χ1) is 19.4. The maximum absolute atomic E-state index is 13.7. The van der Waals surface area contributed by atoms with Crippen molar-refractivity contribution in [2.75, 3.05) is 16.8 Å². The summed E-state index contributed by atoms with van der Waals surface area (Å²) >= 11 is 6.70. The predicted octanol–water partition coefficient (Wildman–Crippen LogP) is 7.11. The minimum atomic E-state index is -0.737. The van der Waals surface area contributed by atoms with Crippen LogP contribution >= 0.6 is 11.6 Å². The molecule has 2 heterocycles. The summed E-state index contributed by atoms with van der Waals surface area (Å²) in [6, 6.07) is 10.9. The lowest BCUT2D eigenvalue weighted by atomic mass is 9.48. The number of nitrogens with one attached hydrogen (secondary N) is 1. The van der Waals surface area contributed by atoms with E-state index >= 15 is 0 Å². The molecule has 0 unspecified atom stereocenters. The first-order valence-electron chi connectivity index (χ1n) is 14.7. The molecule has 0 spiro atoms. The van der Waals surface area contributed by atoms with Crippen molar-refractivity contribution in [2.24, 2.45) is 17.8 Å². The zero-order chi connectivity index (χ0) is 28.8. The number of carbonyl (C=O) groups excluding carboxylic acids is 3. The van der Waals surface area contributed by atoms with Crippen molar-refractivity contribution in [3.05, 3.63) is 69.8 Å². The third-order valence-electron chi connectivity index (χ3n) is 10.5. The van der Waals surface area contributed by atoms with Gasteiger partial charge in [-0.15, -0.1) is 0 Å². The number of amides is 4. The molecule has 6 aliphatic rings. The van der Waals surface area contributed by atoms with Crippen molar-refractivity contribution in [1.29, 1.82) is 0 Å². The number of urea groups is 1. The molecule has 5 fully saturated rings. The molecular weight excluding hydrogens is 534 g/mol. The van der Waals surface area contributed by atoms with Gasteiger partial charge in [-0.25, -0.2) is 9.69 Å². The second-order valence-electron chi connectivity index (χ2n) is 13.6. The number of barbiturate groups is 1. The van der Waals surface area contributed by atoms with Gasteiger partial charge in [0.2, 0.25) is 0 Å². The van der Waals surface area contributed by atoms with Crippen LogP contribution in [0.3, 0.4) is 0 Å². The van der Waals surface area contributed by atoms with Gasteiger partial charge < -0.3 is 4.90 Å². The average molecular weight is 570 g/mol. The number of benzene rings is 2. The van der Waals surface area contributed by atoms with Crippen LogP contribution in [0, 0.1) is 17.8 Å². The Hall–Kier alpha value is -3.38. The van der Waals surface area contributed by atoms with E-state index in [9.17, 15) is 14.4 Å². The van der Waals surface area contributed by atoms with Gasteiger partial charge in [0.1, 0.15) is 5.57 Å². The predicted molar refractivity (Wildman–Crippen MR) is 163 cm³/mol. The number of hydrogen-bond donors (Lipinski definition) is 1. The van der Waals surface area contributed by atoms with Crippen LogP contribution in [-0.4, -0.2) is 30.4 Å². The largest absolute Gasteiger partial charge is 0.365 e. The molecule has 8 rings (SSSR count). The zero-order valence-electron chi connectivity index (χ0n) is 24.1. The number of halogens is 1. The standard InChI is InChI=1S/C34H36ClN3O3/c1-19-15-33(2,3)37(4)29-14-28(35)23(12-26(19)29)13-27-30(39)36-32(41)38(31(27)40)25-7-5-24(6-8-25)34-16-20-9-21(17-34)11-22(10-20)18-34/h5-8,12-15,20-22H,9-11,16-18H2,1-4H3,(H,36,39,41)/b27-13-. The summed E-state index contributed by atoms with van der Waals surface area (Å²) in [6.07, 6.45) is 11.5. The number of rotatable bonds is 3. The fourth-order valence-electron chi connectivity index (χ4n) is 8.77. The molecular formula is C34H36ClN3O3. The third kappa shape index (κ3) is 4.17. The number of fused-ring (bicyclic) bond motifs is 1. The Bertz CT molecular complexity index is 1530. The van der Waals surface area contributed by atoms with E-state index < -0.39 is 17.8 Å². The Labute approximate surface area is 246 Å². The molecule has 0 atom stereocenters. The minimum absolute atomic E-state index is 0.122. The molecule has 4 bridgehead atoms. The van der Waals surface area contributed by atoms with Gasteiger partial charge in [0, 0.05) is 23.3 Å². The van der Waals surface area contributed by atoms with Gasteiger partial charge in [0.05, 0.1) is 11.2 Å². The van der Waals surface area contributed by atoms with Gasteiger partial charge >= 0.3 is 6.03 Å². The highest BCUT2D eigenvalue weighted by Gasteiger charge is 2.51. The molecule has 0 aromatic heterocycles. The second-order valence-corrected chi connectivity index (χ2v) is 14.0. The second kappa shape index (κ2) is 9.06. The number of likely N-dealkylation sites (N-methyl/N-ethyl adjacent to an activating group) is 1. The number of allylic oxidation sites excluding steroid dienone is 1. The van der Waals surface area contributed by atoms with E-state index in [0.29, 0.717) is 16.3 Å². The first-order valence-corrected chi connectivity index (χ1v) is 15.1. The third-order valence-corrected chi connectivity index (χ3v) is 10.8. The average Bonchev–Trinajstić information content (AvgIpc) is 2.89. The fraction of sp³-hybridized carbons (Fsp3) is 0.441. The van der Waals surface area contributed by atoms with E-state index in [0.717, 1.165) is 39.5 Å². The minimum Gasteiger partial charge on any atom is -0.365 e. The number of anilines is 2. The molecule has 2 aromatic carbocycles. The molecule has 4 amide bonds. The lowest BCUT2D eigenvalue weighted by molar-refractivity contribution is -0.122. The highest BCUT2D eigenvalue weighted by molar-refractivity contribution is 6.40. The van der Waals surface area contributed by atoms with Gasteiger partial charge in [-0.2, -0.15) is 0 Å². The van der Waals surface area contributed by atoms with Crippen LogP contribution in [0.4, 0.5) is 16.2 Å². The molecule has 6 nitrogen and oxygen atoms in total. The van der Waals surface area contributed by atoms with Crippen molar-refractivity contribution >= 4 is 52.5 Å². The molecule has 7 heteroatoms. The van der Waals surface area contributed by atoms with Gasteiger partial charge in [-0.1, -0.05) is 29.8 Å². The molecule has 1 N–H and O–H groups in total. The van der Waals surface area contributed by atoms with Crippen LogP contribution in [0.2, 0.25) is 5.02 Å². The Morgan fingerprint density at radius 2 is 1.56 bits per heavy atom. The molecule has 1 saturated heterocycles. The Morgan fingerprint density at radius 1 is 0.951 bits per heavy atom. The lowest BCUT2D eigenvalue weighted by Crippen LogP contribution is -2.54. The van der Waals surface area contributed by atoms with E-state index in [1.807, 2.05) is 38.2 Å². The maximum atomic E-state index is 13.7. The molecule has 212 valence electrons. The number of hydrogen-bond acceptors (Lipinski definition) is 4. The Morgan fingerprint density at radius 3 is 2.17 bits per heavy atom. The maximum Gasteiger partial charge on any atom is 0.335 e. The van der Waals surface area contributed by atoms with E-state index in [1.54, 1.807) is 0 Å². The Kier molecular flexibility index (Phi) is 5.86. The molecule has 2 aliphatic heterocycles. The van der Waals surface area contributed by atoms with Crippen LogP contribution in [0.25, 0.3) is 11.6 Å². The van der Waals surface area contributed by atoms with Gasteiger partial charge in [0.25, 0.3) is 11.8 Å². The molecule has 4 aliphatic carbocycles. The van der Waals surface area contributed by atoms with E-state index in [-0.39, 0.29) is 16.5 Å². The highest BCUT2D eigenvalue weighted by Crippen LogP contribution is 2.60. The smallest absolute Gasteiger partial charge is 0.335 e. The molecule has 2 aromatic rings. The summed E-state index contributed by atoms with van der Waals surface area (Å²) in [7, 11) is 2.02.